The lowest BCUT2D eigenvalue weighted by Crippen LogP contribution is -2.37. The summed E-state index contributed by atoms with van der Waals surface area (Å²) in [4.78, 5) is 11.0. The number of amides is 2. The van der Waals surface area contributed by atoms with Crippen LogP contribution in [0, 0.1) is 0 Å². The molecule has 0 radical (unpaired) electrons. The van der Waals surface area contributed by atoms with Gasteiger partial charge in [0.1, 0.15) is 0 Å². The van der Waals surface area contributed by atoms with E-state index >= 15 is 0 Å². The van der Waals surface area contributed by atoms with Crippen LogP contribution >= 0.6 is 0 Å². The van der Waals surface area contributed by atoms with Crippen molar-refractivity contribution in [3.8, 4) is 0 Å². The molecule has 0 aromatic heterocycles. The normalized spacial score (nSPS) is 21.6. The lowest BCUT2D eigenvalue weighted by molar-refractivity contribution is 0.0120. The average molecular weight is 200 g/mol. The Balaban J connectivity index is 1.99. The van der Waals surface area contributed by atoms with E-state index in [0.29, 0.717) is 19.2 Å². The minimum Gasteiger partial charge on any atom is -0.378 e. The highest BCUT2D eigenvalue weighted by Gasteiger charge is 2.13. The third-order valence-corrected chi connectivity index (χ3v) is 2.36. The molecular weight excluding hydrogens is 180 g/mol. The lowest BCUT2D eigenvalue weighted by atomic mass is 10.1. The highest BCUT2D eigenvalue weighted by atomic mass is 16.5. The molecule has 2 amide bonds. The van der Waals surface area contributed by atoms with E-state index in [9.17, 15) is 4.79 Å². The maximum atomic E-state index is 11.0. The molecule has 14 heavy (non-hydrogen) atoms. The van der Waals surface area contributed by atoms with Crippen LogP contribution in [0.3, 0.4) is 0 Å². The SMILES string of the molecule is CCNC(=O)NCCC1CCCCO1. The molecule has 2 N–H and O–H groups in total. The van der Waals surface area contributed by atoms with Crippen molar-refractivity contribution in [2.75, 3.05) is 19.7 Å². The number of hydrogen-bond acceptors (Lipinski definition) is 2. The van der Waals surface area contributed by atoms with E-state index in [4.69, 9.17) is 4.74 Å². The highest BCUT2D eigenvalue weighted by molar-refractivity contribution is 5.73. The zero-order valence-corrected chi connectivity index (χ0v) is 8.84. The molecule has 1 rings (SSSR count). The Morgan fingerprint density at radius 1 is 1.43 bits per heavy atom. The van der Waals surface area contributed by atoms with E-state index in [2.05, 4.69) is 10.6 Å². The number of nitrogens with one attached hydrogen (secondary N) is 2. The smallest absolute Gasteiger partial charge is 0.314 e. The van der Waals surface area contributed by atoms with E-state index < -0.39 is 0 Å². The second-order valence-electron chi connectivity index (χ2n) is 3.56. The molecule has 1 heterocycles. The van der Waals surface area contributed by atoms with Crippen molar-refractivity contribution in [1.29, 1.82) is 0 Å². The molecule has 0 bridgehead atoms. The van der Waals surface area contributed by atoms with E-state index in [1.807, 2.05) is 6.92 Å². The van der Waals surface area contributed by atoms with Crippen LogP contribution in [0.1, 0.15) is 32.6 Å². The van der Waals surface area contributed by atoms with Gasteiger partial charge >= 0.3 is 6.03 Å². The predicted octanol–water partition coefficient (Wildman–Crippen LogP) is 1.26. The molecule has 1 fully saturated rings. The summed E-state index contributed by atoms with van der Waals surface area (Å²) in [6.07, 6.45) is 4.85. The molecule has 4 heteroatoms. The van der Waals surface area contributed by atoms with Crippen molar-refractivity contribution < 1.29 is 9.53 Å². The van der Waals surface area contributed by atoms with Crippen molar-refractivity contribution in [1.82, 2.24) is 10.6 Å². The van der Waals surface area contributed by atoms with Crippen LogP contribution in [-0.4, -0.2) is 31.8 Å². The lowest BCUT2D eigenvalue weighted by Gasteiger charge is -2.22. The predicted molar refractivity (Wildman–Crippen MR) is 55.3 cm³/mol. The fourth-order valence-corrected chi connectivity index (χ4v) is 1.60. The largest absolute Gasteiger partial charge is 0.378 e. The number of carbonyl (C=O) groups is 1. The van der Waals surface area contributed by atoms with Crippen LogP contribution in [0.5, 0.6) is 0 Å². The first kappa shape index (κ1) is 11.3. The maximum absolute atomic E-state index is 11.0. The molecule has 0 saturated carbocycles. The Hall–Kier alpha value is -0.770. The van der Waals surface area contributed by atoms with Crippen molar-refractivity contribution in [3.63, 3.8) is 0 Å². The minimum atomic E-state index is -0.0803. The summed E-state index contributed by atoms with van der Waals surface area (Å²) in [6.45, 7) is 4.16. The standard InChI is InChI=1S/C10H20N2O2/c1-2-11-10(13)12-7-6-9-5-3-4-8-14-9/h9H,2-8H2,1H3,(H2,11,12,13). The van der Waals surface area contributed by atoms with Gasteiger partial charge in [-0.05, 0) is 32.6 Å². The second kappa shape index (κ2) is 6.65. The van der Waals surface area contributed by atoms with Gasteiger partial charge in [0, 0.05) is 19.7 Å². The molecular formula is C10H20N2O2. The van der Waals surface area contributed by atoms with Gasteiger partial charge in [-0.15, -0.1) is 0 Å². The highest BCUT2D eigenvalue weighted by Crippen LogP contribution is 2.14. The fourth-order valence-electron chi connectivity index (χ4n) is 1.60. The quantitative estimate of drug-likeness (QED) is 0.718. The zero-order chi connectivity index (χ0) is 10.2. The van der Waals surface area contributed by atoms with Gasteiger partial charge in [-0.25, -0.2) is 4.79 Å². The van der Waals surface area contributed by atoms with Crippen molar-refractivity contribution in [3.05, 3.63) is 0 Å². The molecule has 0 spiro atoms. The van der Waals surface area contributed by atoms with E-state index in [0.717, 1.165) is 19.4 Å². The van der Waals surface area contributed by atoms with Crippen LogP contribution in [0.2, 0.25) is 0 Å². The molecule has 0 aromatic rings. The Labute approximate surface area is 85.4 Å². The number of carbonyl (C=O) groups excluding carboxylic acids is 1. The minimum absolute atomic E-state index is 0.0803. The van der Waals surface area contributed by atoms with Gasteiger partial charge in [0.05, 0.1) is 6.10 Å². The van der Waals surface area contributed by atoms with Crippen molar-refractivity contribution in [2.24, 2.45) is 0 Å². The number of rotatable bonds is 4. The van der Waals surface area contributed by atoms with Gasteiger partial charge in [-0.1, -0.05) is 0 Å². The summed E-state index contributed by atoms with van der Waals surface area (Å²) in [5, 5.41) is 5.49. The first-order valence-corrected chi connectivity index (χ1v) is 5.46. The second-order valence-corrected chi connectivity index (χ2v) is 3.56. The van der Waals surface area contributed by atoms with Gasteiger partial charge in [0.2, 0.25) is 0 Å². The third kappa shape index (κ3) is 4.46. The topological polar surface area (TPSA) is 50.4 Å². The molecule has 1 atom stereocenters. The van der Waals surface area contributed by atoms with E-state index in [1.165, 1.54) is 12.8 Å². The molecule has 0 aliphatic carbocycles. The van der Waals surface area contributed by atoms with Gasteiger partial charge in [0.15, 0.2) is 0 Å². The molecule has 4 nitrogen and oxygen atoms in total. The maximum Gasteiger partial charge on any atom is 0.314 e. The number of urea groups is 1. The van der Waals surface area contributed by atoms with Crippen LogP contribution in [0.25, 0.3) is 0 Å². The van der Waals surface area contributed by atoms with Gasteiger partial charge in [-0.2, -0.15) is 0 Å². The summed E-state index contributed by atoms with van der Waals surface area (Å²) in [5.41, 5.74) is 0. The Kier molecular flexibility index (Phi) is 5.37. The van der Waals surface area contributed by atoms with Crippen LogP contribution < -0.4 is 10.6 Å². The number of hydrogen-bond donors (Lipinski definition) is 2. The first-order valence-electron chi connectivity index (χ1n) is 5.46. The molecule has 82 valence electrons. The molecule has 1 aliphatic rings. The van der Waals surface area contributed by atoms with Crippen LogP contribution in [0.15, 0.2) is 0 Å². The van der Waals surface area contributed by atoms with Gasteiger partial charge in [0.25, 0.3) is 0 Å². The summed E-state index contributed by atoms with van der Waals surface area (Å²) in [7, 11) is 0. The monoisotopic (exact) mass is 200 g/mol. The van der Waals surface area contributed by atoms with Crippen molar-refractivity contribution >= 4 is 6.03 Å². The molecule has 0 aromatic carbocycles. The van der Waals surface area contributed by atoms with E-state index in [-0.39, 0.29) is 6.03 Å². The summed E-state index contributed by atoms with van der Waals surface area (Å²) in [6, 6.07) is -0.0803. The van der Waals surface area contributed by atoms with Crippen LogP contribution in [-0.2, 0) is 4.74 Å². The van der Waals surface area contributed by atoms with E-state index in [1.54, 1.807) is 0 Å². The molecule has 1 unspecified atom stereocenters. The van der Waals surface area contributed by atoms with Gasteiger partial charge < -0.3 is 15.4 Å². The summed E-state index contributed by atoms with van der Waals surface area (Å²) >= 11 is 0. The summed E-state index contributed by atoms with van der Waals surface area (Å²) in [5.74, 6) is 0. The average Bonchev–Trinajstić information content (AvgIpc) is 2.20. The number of ether oxygens (including phenoxy) is 1. The third-order valence-electron chi connectivity index (χ3n) is 2.36. The Morgan fingerprint density at radius 2 is 2.29 bits per heavy atom. The Morgan fingerprint density at radius 3 is 2.93 bits per heavy atom. The van der Waals surface area contributed by atoms with Crippen LogP contribution in [0.4, 0.5) is 4.79 Å². The van der Waals surface area contributed by atoms with Crippen molar-refractivity contribution in [2.45, 2.75) is 38.7 Å². The molecule has 1 aliphatic heterocycles. The zero-order valence-electron chi connectivity index (χ0n) is 8.84. The molecule has 1 saturated heterocycles. The van der Waals surface area contributed by atoms with Gasteiger partial charge in [-0.3, -0.25) is 0 Å². The Bertz CT molecular complexity index is 168. The first-order chi connectivity index (χ1) is 6.83. The summed E-state index contributed by atoms with van der Waals surface area (Å²) < 4.78 is 5.55. The fraction of sp³-hybridized carbons (Fsp3) is 0.900.